The Balaban J connectivity index is 1.67. The maximum Gasteiger partial charge on any atom is 0.391 e. The summed E-state index contributed by atoms with van der Waals surface area (Å²) >= 11 is 0. The summed E-state index contributed by atoms with van der Waals surface area (Å²) in [6.45, 7) is 0.752. The topological polar surface area (TPSA) is 32.3 Å². The van der Waals surface area contributed by atoms with E-state index in [1.165, 1.54) is 0 Å². The molecule has 5 heteroatoms. The summed E-state index contributed by atoms with van der Waals surface area (Å²) in [5.74, 6) is -0.807. The maximum absolute atomic E-state index is 12.5. The number of hydrogen-bond donors (Lipinski definition) is 2. The number of aliphatic hydroxyl groups is 1. The van der Waals surface area contributed by atoms with Crippen LogP contribution < -0.4 is 5.32 Å². The molecule has 2 saturated carbocycles. The van der Waals surface area contributed by atoms with Crippen LogP contribution in [0.3, 0.4) is 0 Å². The maximum atomic E-state index is 12.5. The number of alkyl halides is 3. The van der Waals surface area contributed by atoms with Crippen LogP contribution in [0.1, 0.15) is 44.9 Å². The van der Waals surface area contributed by atoms with Crippen molar-refractivity contribution in [3.8, 4) is 0 Å². The molecule has 0 heterocycles. The first kappa shape index (κ1) is 14.1. The van der Waals surface area contributed by atoms with E-state index < -0.39 is 12.1 Å². The normalized spacial score (nSPS) is 38.0. The second-order valence-electron chi connectivity index (χ2n) is 5.76. The molecule has 106 valence electrons. The van der Waals surface area contributed by atoms with Crippen molar-refractivity contribution in [1.82, 2.24) is 5.32 Å². The van der Waals surface area contributed by atoms with Gasteiger partial charge in [-0.25, -0.2) is 0 Å². The third-order valence-electron chi connectivity index (χ3n) is 4.48. The summed E-state index contributed by atoms with van der Waals surface area (Å²) in [6, 6.07) is 0.205. The molecule has 0 aromatic carbocycles. The fraction of sp³-hybridized carbons (Fsp3) is 1.00. The zero-order chi connectivity index (χ0) is 13.2. The van der Waals surface area contributed by atoms with E-state index in [1.807, 2.05) is 0 Å². The standard InChI is InChI=1S/C13H22F3NO/c14-13(15,16)10-4-6-11(7-5-10)17-8-9-2-1-3-12(9)18/h9-12,17-18H,1-8H2. The minimum atomic E-state index is -4.02. The van der Waals surface area contributed by atoms with E-state index in [4.69, 9.17) is 0 Å². The Hall–Kier alpha value is -0.290. The van der Waals surface area contributed by atoms with Gasteiger partial charge in [0.05, 0.1) is 12.0 Å². The van der Waals surface area contributed by atoms with Gasteiger partial charge in [0, 0.05) is 12.6 Å². The number of aliphatic hydroxyl groups excluding tert-OH is 1. The molecule has 2 N–H and O–H groups in total. The van der Waals surface area contributed by atoms with Gasteiger partial charge in [-0.2, -0.15) is 13.2 Å². The zero-order valence-electron chi connectivity index (χ0n) is 10.5. The van der Waals surface area contributed by atoms with E-state index in [2.05, 4.69) is 5.32 Å². The van der Waals surface area contributed by atoms with Crippen molar-refractivity contribution in [2.45, 2.75) is 63.3 Å². The van der Waals surface area contributed by atoms with Crippen LogP contribution in [-0.4, -0.2) is 30.0 Å². The summed E-state index contributed by atoms with van der Waals surface area (Å²) in [4.78, 5) is 0. The van der Waals surface area contributed by atoms with Gasteiger partial charge >= 0.3 is 6.18 Å². The van der Waals surface area contributed by atoms with Gasteiger partial charge in [0.15, 0.2) is 0 Å². The molecule has 0 aromatic rings. The average molecular weight is 265 g/mol. The molecule has 2 aliphatic carbocycles. The van der Waals surface area contributed by atoms with Crippen LogP contribution in [0.4, 0.5) is 13.2 Å². The highest BCUT2D eigenvalue weighted by Crippen LogP contribution is 2.37. The fourth-order valence-corrected chi connectivity index (χ4v) is 3.20. The van der Waals surface area contributed by atoms with Crippen LogP contribution >= 0.6 is 0 Å². The number of hydrogen-bond acceptors (Lipinski definition) is 2. The van der Waals surface area contributed by atoms with Gasteiger partial charge in [-0.05, 0) is 44.4 Å². The first-order valence-electron chi connectivity index (χ1n) is 6.95. The number of halogens is 3. The lowest BCUT2D eigenvalue weighted by Gasteiger charge is -2.31. The molecule has 0 aromatic heterocycles. The van der Waals surface area contributed by atoms with Crippen LogP contribution in [0.15, 0.2) is 0 Å². The third-order valence-corrected chi connectivity index (χ3v) is 4.48. The second-order valence-corrected chi connectivity index (χ2v) is 5.76. The molecular formula is C13H22F3NO. The Morgan fingerprint density at radius 1 is 1.00 bits per heavy atom. The fourth-order valence-electron chi connectivity index (χ4n) is 3.20. The molecule has 0 radical (unpaired) electrons. The number of nitrogens with one attached hydrogen (secondary N) is 1. The van der Waals surface area contributed by atoms with Crippen LogP contribution in [-0.2, 0) is 0 Å². The van der Waals surface area contributed by atoms with Crippen LogP contribution in [0.2, 0.25) is 0 Å². The molecule has 2 atom stereocenters. The van der Waals surface area contributed by atoms with Crippen molar-refractivity contribution in [3.63, 3.8) is 0 Å². The van der Waals surface area contributed by atoms with Crippen LogP contribution in [0, 0.1) is 11.8 Å². The largest absolute Gasteiger partial charge is 0.393 e. The third kappa shape index (κ3) is 3.60. The van der Waals surface area contributed by atoms with E-state index >= 15 is 0 Å². The Morgan fingerprint density at radius 3 is 2.17 bits per heavy atom. The first-order valence-corrected chi connectivity index (χ1v) is 6.95. The van der Waals surface area contributed by atoms with Crippen molar-refractivity contribution >= 4 is 0 Å². The van der Waals surface area contributed by atoms with Crippen molar-refractivity contribution in [3.05, 3.63) is 0 Å². The van der Waals surface area contributed by atoms with E-state index in [0.29, 0.717) is 18.8 Å². The molecule has 0 saturated heterocycles. The highest BCUT2D eigenvalue weighted by Gasteiger charge is 2.41. The molecule has 2 nitrogen and oxygen atoms in total. The summed E-state index contributed by atoms with van der Waals surface area (Å²) < 4.78 is 37.5. The summed E-state index contributed by atoms with van der Waals surface area (Å²) in [5.41, 5.74) is 0. The van der Waals surface area contributed by atoms with Gasteiger partial charge in [-0.1, -0.05) is 6.42 Å². The van der Waals surface area contributed by atoms with Crippen LogP contribution in [0.25, 0.3) is 0 Å². The first-order chi connectivity index (χ1) is 8.47. The van der Waals surface area contributed by atoms with Gasteiger partial charge in [-0.15, -0.1) is 0 Å². The Morgan fingerprint density at radius 2 is 1.67 bits per heavy atom. The smallest absolute Gasteiger partial charge is 0.391 e. The molecule has 0 bridgehead atoms. The lowest BCUT2D eigenvalue weighted by atomic mass is 9.85. The van der Waals surface area contributed by atoms with E-state index in [-0.39, 0.29) is 25.0 Å². The molecule has 18 heavy (non-hydrogen) atoms. The Kier molecular flexibility index (Phi) is 4.54. The van der Waals surface area contributed by atoms with Gasteiger partial charge in [-0.3, -0.25) is 0 Å². The molecule has 0 spiro atoms. The van der Waals surface area contributed by atoms with Gasteiger partial charge < -0.3 is 10.4 Å². The highest BCUT2D eigenvalue weighted by atomic mass is 19.4. The average Bonchev–Trinajstić information content (AvgIpc) is 2.72. The minimum Gasteiger partial charge on any atom is -0.393 e. The predicted octanol–water partition coefficient (Wildman–Crippen LogP) is 2.86. The Bertz CT molecular complexity index is 261. The monoisotopic (exact) mass is 265 g/mol. The van der Waals surface area contributed by atoms with E-state index in [9.17, 15) is 18.3 Å². The Labute approximate surface area is 106 Å². The molecule has 2 fully saturated rings. The zero-order valence-corrected chi connectivity index (χ0v) is 10.5. The molecule has 2 aliphatic rings. The highest BCUT2D eigenvalue weighted by molar-refractivity contribution is 4.84. The summed E-state index contributed by atoms with van der Waals surface area (Å²) in [5, 5.41) is 13.0. The van der Waals surface area contributed by atoms with Crippen LogP contribution in [0.5, 0.6) is 0 Å². The lowest BCUT2D eigenvalue weighted by Crippen LogP contribution is -2.40. The van der Waals surface area contributed by atoms with Crippen molar-refractivity contribution < 1.29 is 18.3 Å². The van der Waals surface area contributed by atoms with E-state index in [1.54, 1.807) is 0 Å². The number of rotatable bonds is 3. The second kappa shape index (κ2) is 5.78. The lowest BCUT2D eigenvalue weighted by molar-refractivity contribution is -0.182. The SMILES string of the molecule is OC1CCCC1CNC1CCC(C(F)(F)F)CC1. The van der Waals surface area contributed by atoms with Crippen molar-refractivity contribution in [2.75, 3.05) is 6.54 Å². The predicted molar refractivity (Wildman–Crippen MR) is 63.2 cm³/mol. The minimum absolute atomic E-state index is 0.205. The molecule has 2 rings (SSSR count). The van der Waals surface area contributed by atoms with Gasteiger partial charge in [0.2, 0.25) is 0 Å². The van der Waals surface area contributed by atoms with Crippen molar-refractivity contribution in [2.24, 2.45) is 11.8 Å². The summed E-state index contributed by atoms with van der Waals surface area (Å²) in [6.07, 6.45) is 0.423. The molecular weight excluding hydrogens is 243 g/mol. The van der Waals surface area contributed by atoms with Gasteiger partial charge in [0.25, 0.3) is 0 Å². The molecule has 2 unspecified atom stereocenters. The molecule has 0 amide bonds. The van der Waals surface area contributed by atoms with Gasteiger partial charge in [0.1, 0.15) is 0 Å². The van der Waals surface area contributed by atoms with Crippen molar-refractivity contribution in [1.29, 1.82) is 0 Å². The quantitative estimate of drug-likeness (QED) is 0.822. The molecule has 0 aliphatic heterocycles. The van der Waals surface area contributed by atoms with E-state index in [0.717, 1.165) is 25.8 Å². The summed E-state index contributed by atoms with van der Waals surface area (Å²) in [7, 11) is 0.